The van der Waals surface area contributed by atoms with Crippen LogP contribution in [0, 0.1) is 10.1 Å². The van der Waals surface area contributed by atoms with Gasteiger partial charge in [-0.15, -0.1) is 0 Å². The molecule has 9 nitrogen and oxygen atoms in total. The highest BCUT2D eigenvalue weighted by Crippen LogP contribution is 2.34. The molecule has 2 aromatic rings. The molecule has 1 aliphatic heterocycles. The molecule has 0 bridgehead atoms. The molecule has 0 unspecified atom stereocenters. The van der Waals surface area contributed by atoms with E-state index in [-0.39, 0.29) is 16.4 Å². The maximum Gasteiger partial charge on any atom is 0.312 e. The third kappa shape index (κ3) is 4.61. The van der Waals surface area contributed by atoms with Crippen LogP contribution in [0.4, 0.5) is 5.69 Å². The van der Waals surface area contributed by atoms with E-state index < -0.39 is 20.6 Å². The van der Waals surface area contributed by atoms with Crippen LogP contribution in [0.25, 0.3) is 0 Å². The number of carbonyl (C=O) groups excluding carboxylic acids is 1. The van der Waals surface area contributed by atoms with E-state index in [9.17, 15) is 23.3 Å². The zero-order chi connectivity index (χ0) is 21.2. The quantitative estimate of drug-likeness (QED) is 0.426. The van der Waals surface area contributed by atoms with Crippen molar-refractivity contribution in [2.45, 2.75) is 11.8 Å². The fourth-order valence-electron chi connectivity index (χ4n) is 3.03. The number of benzene rings is 2. The van der Waals surface area contributed by atoms with Gasteiger partial charge in [-0.25, -0.2) is 8.42 Å². The first-order chi connectivity index (χ1) is 13.7. The van der Waals surface area contributed by atoms with Gasteiger partial charge in [0.25, 0.3) is 0 Å². The van der Waals surface area contributed by atoms with Gasteiger partial charge in [0.1, 0.15) is 5.75 Å². The standard InChI is InChI=1S/C19H21N3O6S/c1-14(23)15-3-5-16(6-4-15)28-19-8-7-17(13-18(19)22(24)25)29(26,27)21-11-9-20(2)10-12-21/h3-8,13H,9-12H2,1-2H3/p+1. The lowest BCUT2D eigenvalue weighted by Crippen LogP contribution is -3.12. The molecule has 1 aliphatic rings. The number of Topliss-reactive ketones (excluding diaryl/α,β-unsaturated/α-hetero) is 1. The molecule has 0 saturated carbocycles. The Kier molecular flexibility index (Phi) is 5.96. The van der Waals surface area contributed by atoms with Gasteiger partial charge in [-0.1, -0.05) is 0 Å². The van der Waals surface area contributed by atoms with Gasteiger partial charge in [-0.3, -0.25) is 14.9 Å². The number of ether oxygens (including phenoxy) is 1. The molecule has 0 aliphatic carbocycles. The Labute approximate surface area is 168 Å². The Morgan fingerprint density at radius 1 is 1.14 bits per heavy atom. The monoisotopic (exact) mass is 420 g/mol. The average molecular weight is 420 g/mol. The molecular formula is C19H22N3O6S+. The fourth-order valence-corrected chi connectivity index (χ4v) is 4.49. The van der Waals surface area contributed by atoms with E-state index in [0.717, 1.165) is 6.07 Å². The van der Waals surface area contributed by atoms with Crippen LogP contribution in [0.2, 0.25) is 0 Å². The molecule has 3 rings (SSSR count). The molecule has 1 saturated heterocycles. The van der Waals surface area contributed by atoms with Crippen molar-refractivity contribution in [3.63, 3.8) is 0 Å². The van der Waals surface area contributed by atoms with Crippen LogP contribution in [0.5, 0.6) is 11.5 Å². The van der Waals surface area contributed by atoms with Gasteiger partial charge in [-0.05, 0) is 43.3 Å². The van der Waals surface area contributed by atoms with Crippen LogP contribution in [-0.4, -0.2) is 56.7 Å². The molecule has 2 aromatic carbocycles. The third-order valence-electron chi connectivity index (χ3n) is 4.83. The summed E-state index contributed by atoms with van der Waals surface area (Å²) in [5.74, 6) is 0.116. The normalized spacial score (nSPS) is 15.8. The van der Waals surface area contributed by atoms with Crippen molar-refractivity contribution in [3.05, 3.63) is 58.1 Å². The number of carbonyl (C=O) groups is 1. The first-order valence-electron chi connectivity index (χ1n) is 9.07. The first-order valence-corrected chi connectivity index (χ1v) is 10.5. The largest absolute Gasteiger partial charge is 0.450 e. The number of rotatable bonds is 6. The summed E-state index contributed by atoms with van der Waals surface area (Å²) >= 11 is 0. The SMILES string of the molecule is CC(=O)c1ccc(Oc2ccc(S(=O)(=O)N3CC[NH+](C)CC3)cc2[N+](=O)[O-])cc1. The van der Waals surface area contributed by atoms with Gasteiger partial charge >= 0.3 is 5.69 Å². The van der Waals surface area contributed by atoms with Gasteiger partial charge in [0, 0.05) is 11.6 Å². The molecule has 0 aromatic heterocycles. The molecule has 29 heavy (non-hydrogen) atoms. The summed E-state index contributed by atoms with van der Waals surface area (Å²) in [5, 5.41) is 11.5. The Morgan fingerprint density at radius 2 is 1.76 bits per heavy atom. The van der Waals surface area contributed by atoms with Crippen LogP contribution < -0.4 is 9.64 Å². The molecule has 154 valence electrons. The van der Waals surface area contributed by atoms with E-state index in [0.29, 0.717) is 37.5 Å². The maximum atomic E-state index is 12.9. The smallest absolute Gasteiger partial charge is 0.312 e. The van der Waals surface area contributed by atoms with Gasteiger partial charge in [0.15, 0.2) is 5.78 Å². The average Bonchev–Trinajstić information content (AvgIpc) is 2.68. The number of nitrogens with one attached hydrogen (secondary N) is 1. The second-order valence-corrected chi connectivity index (χ2v) is 8.87. The van der Waals surface area contributed by atoms with Crippen molar-refractivity contribution < 1.29 is 27.8 Å². The lowest BCUT2D eigenvalue weighted by molar-refractivity contribution is -0.883. The number of hydrogen-bond donors (Lipinski definition) is 1. The summed E-state index contributed by atoms with van der Waals surface area (Å²) in [4.78, 5) is 23.3. The Bertz CT molecular complexity index is 1030. The van der Waals surface area contributed by atoms with Crippen molar-refractivity contribution in [3.8, 4) is 11.5 Å². The number of hydrogen-bond acceptors (Lipinski definition) is 6. The van der Waals surface area contributed by atoms with E-state index in [1.165, 1.54) is 40.4 Å². The zero-order valence-electron chi connectivity index (χ0n) is 16.1. The lowest BCUT2D eigenvalue weighted by Gasteiger charge is -2.29. The Hall–Kier alpha value is -2.82. The Balaban J connectivity index is 1.89. The molecule has 1 heterocycles. The van der Waals surface area contributed by atoms with Crippen LogP contribution in [-0.2, 0) is 10.0 Å². The van der Waals surface area contributed by atoms with Crippen LogP contribution in [0.15, 0.2) is 47.4 Å². The number of ketones is 1. The maximum absolute atomic E-state index is 12.9. The molecule has 0 radical (unpaired) electrons. The van der Waals surface area contributed by atoms with Gasteiger partial charge < -0.3 is 9.64 Å². The molecule has 10 heteroatoms. The number of likely N-dealkylation sites (N-methyl/N-ethyl adjacent to an activating group) is 1. The number of piperazine rings is 1. The predicted octanol–water partition coefficient (Wildman–Crippen LogP) is 1.11. The van der Waals surface area contributed by atoms with Crippen molar-refractivity contribution in [1.82, 2.24) is 4.31 Å². The van der Waals surface area contributed by atoms with E-state index in [4.69, 9.17) is 4.74 Å². The first kappa shape index (κ1) is 20.9. The second kappa shape index (κ2) is 8.27. The molecule has 0 amide bonds. The topological polar surface area (TPSA) is 111 Å². The van der Waals surface area contributed by atoms with Crippen molar-refractivity contribution in [2.24, 2.45) is 0 Å². The van der Waals surface area contributed by atoms with Gasteiger partial charge in [-0.2, -0.15) is 4.31 Å². The highest BCUT2D eigenvalue weighted by atomic mass is 32.2. The van der Waals surface area contributed by atoms with E-state index in [2.05, 4.69) is 0 Å². The van der Waals surface area contributed by atoms with E-state index in [1.54, 1.807) is 12.1 Å². The Morgan fingerprint density at radius 3 is 2.31 bits per heavy atom. The lowest BCUT2D eigenvalue weighted by atomic mass is 10.1. The minimum Gasteiger partial charge on any atom is -0.450 e. The molecule has 0 atom stereocenters. The van der Waals surface area contributed by atoms with Crippen LogP contribution >= 0.6 is 0 Å². The molecule has 1 fully saturated rings. The van der Waals surface area contributed by atoms with Crippen LogP contribution in [0.3, 0.4) is 0 Å². The van der Waals surface area contributed by atoms with Crippen molar-refractivity contribution in [1.29, 1.82) is 0 Å². The summed E-state index contributed by atoms with van der Waals surface area (Å²) in [6.07, 6.45) is 0. The second-order valence-electron chi connectivity index (χ2n) is 6.93. The zero-order valence-corrected chi connectivity index (χ0v) is 16.9. The summed E-state index contributed by atoms with van der Waals surface area (Å²) in [6.45, 7) is 3.52. The fraction of sp³-hybridized carbons (Fsp3) is 0.316. The highest BCUT2D eigenvalue weighted by molar-refractivity contribution is 7.89. The predicted molar refractivity (Wildman–Crippen MR) is 105 cm³/mol. The number of nitro benzene ring substituents is 1. The third-order valence-corrected chi connectivity index (χ3v) is 6.72. The summed E-state index contributed by atoms with van der Waals surface area (Å²) in [6, 6.07) is 9.78. The van der Waals surface area contributed by atoms with Crippen LogP contribution in [0.1, 0.15) is 17.3 Å². The van der Waals surface area contributed by atoms with Gasteiger partial charge in [0.2, 0.25) is 15.8 Å². The van der Waals surface area contributed by atoms with E-state index in [1.807, 2.05) is 7.05 Å². The molecule has 1 N–H and O–H groups in total. The number of sulfonamides is 1. The molecule has 0 spiro atoms. The summed E-state index contributed by atoms with van der Waals surface area (Å²) < 4.78 is 32.6. The van der Waals surface area contributed by atoms with Crippen molar-refractivity contribution >= 4 is 21.5 Å². The summed E-state index contributed by atoms with van der Waals surface area (Å²) in [7, 11) is -1.83. The highest BCUT2D eigenvalue weighted by Gasteiger charge is 2.31. The number of nitrogens with zero attached hydrogens (tertiary/aromatic N) is 2. The van der Waals surface area contributed by atoms with Gasteiger partial charge in [0.05, 0.1) is 43.0 Å². The number of nitro groups is 1. The molecular weight excluding hydrogens is 398 g/mol. The minimum atomic E-state index is -3.82. The summed E-state index contributed by atoms with van der Waals surface area (Å²) in [5.41, 5.74) is 0.0452. The van der Waals surface area contributed by atoms with E-state index >= 15 is 0 Å². The minimum absolute atomic E-state index is 0.0765. The number of quaternary nitrogens is 1. The van der Waals surface area contributed by atoms with Crippen molar-refractivity contribution in [2.75, 3.05) is 33.2 Å².